The monoisotopic (exact) mass is 154 g/mol. The molecule has 2 rings (SSSR count). The van der Waals surface area contributed by atoms with Crippen molar-refractivity contribution in [3.63, 3.8) is 0 Å². The van der Waals surface area contributed by atoms with Gasteiger partial charge < -0.3 is 10.2 Å². The maximum atomic E-state index is 3.51. The van der Waals surface area contributed by atoms with E-state index in [0.29, 0.717) is 0 Å². The minimum Gasteiger partial charge on any atom is -0.316 e. The minimum absolute atomic E-state index is 0.791. The summed E-state index contributed by atoms with van der Waals surface area (Å²) < 4.78 is 0. The molecule has 2 nitrogen and oxygen atoms in total. The molecule has 0 amide bonds. The van der Waals surface area contributed by atoms with Crippen LogP contribution >= 0.6 is 0 Å². The van der Waals surface area contributed by atoms with Gasteiger partial charge in [-0.3, -0.25) is 0 Å². The molecule has 0 aliphatic carbocycles. The number of piperidine rings is 2. The molecule has 0 spiro atoms. The normalized spacial score (nSPS) is 45.8. The van der Waals surface area contributed by atoms with E-state index in [1.165, 1.54) is 26.1 Å². The molecule has 2 fully saturated rings. The molecular weight excluding hydrogens is 136 g/mol. The van der Waals surface area contributed by atoms with Crippen molar-refractivity contribution in [3.05, 3.63) is 0 Å². The summed E-state index contributed by atoms with van der Waals surface area (Å²) in [6, 6.07) is 0.791. The quantitative estimate of drug-likeness (QED) is 0.548. The Hall–Kier alpha value is -0.0800. The van der Waals surface area contributed by atoms with Crippen LogP contribution in [-0.4, -0.2) is 37.6 Å². The van der Waals surface area contributed by atoms with Crippen molar-refractivity contribution >= 4 is 0 Å². The highest BCUT2D eigenvalue weighted by Gasteiger charge is 2.33. The highest BCUT2D eigenvalue weighted by molar-refractivity contribution is 4.89. The van der Waals surface area contributed by atoms with Crippen LogP contribution in [0.3, 0.4) is 0 Å². The van der Waals surface area contributed by atoms with E-state index in [4.69, 9.17) is 0 Å². The summed E-state index contributed by atoms with van der Waals surface area (Å²) in [7, 11) is 2.26. The van der Waals surface area contributed by atoms with Crippen molar-refractivity contribution in [1.29, 1.82) is 0 Å². The van der Waals surface area contributed by atoms with Crippen molar-refractivity contribution < 1.29 is 0 Å². The molecule has 0 saturated carbocycles. The lowest BCUT2D eigenvalue weighted by atomic mass is 9.81. The Morgan fingerprint density at radius 1 is 1.36 bits per heavy atom. The van der Waals surface area contributed by atoms with E-state index in [-0.39, 0.29) is 0 Å². The molecular formula is C9H18N2. The summed E-state index contributed by atoms with van der Waals surface area (Å²) in [5.74, 6) is 1.84. The van der Waals surface area contributed by atoms with Gasteiger partial charge in [0.15, 0.2) is 0 Å². The lowest BCUT2D eigenvalue weighted by molar-refractivity contribution is 0.0648. The standard InChI is InChI=1S/C9H18N2/c1-7-9-3-8(4-10-5-9)6-11(7)2/h7-10H,3-6H2,1-2H3/t7-,8+,9+/m0/s1. The summed E-state index contributed by atoms with van der Waals surface area (Å²) in [6.45, 7) is 6.13. The Morgan fingerprint density at radius 3 is 3.00 bits per heavy atom. The predicted octanol–water partition coefficient (Wildman–Crippen LogP) is 0.546. The number of nitrogens with one attached hydrogen (secondary N) is 1. The van der Waals surface area contributed by atoms with E-state index in [9.17, 15) is 0 Å². The number of hydrogen-bond acceptors (Lipinski definition) is 2. The SMILES string of the molecule is C[C@H]1[C@H]2CNC[C@@H](C2)CN1C. The van der Waals surface area contributed by atoms with Crippen molar-refractivity contribution in [2.75, 3.05) is 26.7 Å². The van der Waals surface area contributed by atoms with E-state index < -0.39 is 0 Å². The van der Waals surface area contributed by atoms with Crippen molar-refractivity contribution in [2.45, 2.75) is 19.4 Å². The first kappa shape index (κ1) is 7.56. The smallest absolute Gasteiger partial charge is 0.0104 e. The summed E-state index contributed by atoms with van der Waals surface area (Å²) in [5.41, 5.74) is 0. The van der Waals surface area contributed by atoms with Crippen LogP contribution < -0.4 is 5.32 Å². The first-order valence-corrected chi connectivity index (χ1v) is 4.68. The molecule has 2 aliphatic heterocycles. The van der Waals surface area contributed by atoms with Crippen molar-refractivity contribution in [3.8, 4) is 0 Å². The van der Waals surface area contributed by atoms with E-state index in [1.807, 2.05) is 0 Å². The minimum atomic E-state index is 0.791. The maximum Gasteiger partial charge on any atom is 0.0104 e. The molecule has 3 atom stereocenters. The molecule has 11 heavy (non-hydrogen) atoms. The summed E-state index contributed by atoms with van der Waals surface area (Å²) in [4.78, 5) is 2.51. The Morgan fingerprint density at radius 2 is 2.18 bits per heavy atom. The molecule has 2 heteroatoms. The average molecular weight is 154 g/mol. The van der Waals surface area contributed by atoms with Crippen LogP contribution in [0.15, 0.2) is 0 Å². The molecule has 0 unspecified atom stereocenters. The summed E-state index contributed by atoms with van der Waals surface area (Å²) in [6.07, 6.45) is 1.46. The fourth-order valence-electron chi connectivity index (χ4n) is 2.51. The van der Waals surface area contributed by atoms with Crippen molar-refractivity contribution in [2.24, 2.45) is 11.8 Å². The molecule has 1 N–H and O–H groups in total. The highest BCUT2D eigenvalue weighted by Crippen LogP contribution is 2.28. The predicted molar refractivity (Wildman–Crippen MR) is 46.6 cm³/mol. The van der Waals surface area contributed by atoms with Gasteiger partial charge in [-0.05, 0) is 45.3 Å². The molecule has 2 aliphatic rings. The largest absolute Gasteiger partial charge is 0.316 e. The molecule has 0 aromatic carbocycles. The van der Waals surface area contributed by atoms with E-state index in [1.54, 1.807) is 0 Å². The zero-order valence-corrected chi connectivity index (χ0v) is 7.51. The van der Waals surface area contributed by atoms with Crippen LogP contribution in [-0.2, 0) is 0 Å². The molecule has 2 bridgehead atoms. The Balaban J connectivity index is 2.05. The molecule has 64 valence electrons. The van der Waals surface area contributed by atoms with Gasteiger partial charge in [0.25, 0.3) is 0 Å². The van der Waals surface area contributed by atoms with Crippen LogP contribution in [0.2, 0.25) is 0 Å². The van der Waals surface area contributed by atoms with Crippen LogP contribution in [0.5, 0.6) is 0 Å². The van der Waals surface area contributed by atoms with Gasteiger partial charge in [0.2, 0.25) is 0 Å². The van der Waals surface area contributed by atoms with E-state index in [2.05, 4.69) is 24.2 Å². The van der Waals surface area contributed by atoms with Gasteiger partial charge in [-0.1, -0.05) is 0 Å². The van der Waals surface area contributed by atoms with Crippen LogP contribution in [0, 0.1) is 11.8 Å². The number of nitrogens with zero attached hydrogens (tertiary/aromatic N) is 1. The van der Waals surface area contributed by atoms with Gasteiger partial charge in [-0.25, -0.2) is 0 Å². The highest BCUT2D eigenvalue weighted by atomic mass is 15.2. The molecule has 0 radical (unpaired) electrons. The van der Waals surface area contributed by atoms with E-state index in [0.717, 1.165) is 17.9 Å². The lowest BCUT2D eigenvalue weighted by Crippen LogP contribution is -2.54. The van der Waals surface area contributed by atoms with Crippen LogP contribution in [0.4, 0.5) is 0 Å². The van der Waals surface area contributed by atoms with Crippen LogP contribution in [0.25, 0.3) is 0 Å². The lowest BCUT2D eigenvalue weighted by Gasteiger charge is -2.45. The third-order valence-corrected chi connectivity index (χ3v) is 3.40. The van der Waals surface area contributed by atoms with Gasteiger partial charge >= 0.3 is 0 Å². The fourth-order valence-corrected chi connectivity index (χ4v) is 2.51. The molecule has 0 aromatic rings. The number of fused-ring (bicyclic) bond motifs is 2. The Labute approximate surface area is 69.0 Å². The molecule has 0 aromatic heterocycles. The zero-order valence-electron chi connectivity index (χ0n) is 7.51. The average Bonchev–Trinajstić information content (AvgIpc) is 2.01. The van der Waals surface area contributed by atoms with Gasteiger partial charge in [-0.2, -0.15) is 0 Å². The van der Waals surface area contributed by atoms with Gasteiger partial charge in [-0.15, -0.1) is 0 Å². The van der Waals surface area contributed by atoms with Gasteiger partial charge in [0, 0.05) is 12.6 Å². The number of hydrogen-bond donors (Lipinski definition) is 1. The van der Waals surface area contributed by atoms with Crippen LogP contribution in [0.1, 0.15) is 13.3 Å². The second-order valence-electron chi connectivity index (χ2n) is 4.20. The number of rotatable bonds is 0. The maximum absolute atomic E-state index is 3.51. The molecule has 2 saturated heterocycles. The fraction of sp³-hybridized carbons (Fsp3) is 1.00. The first-order valence-electron chi connectivity index (χ1n) is 4.68. The Bertz CT molecular complexity index is 144. The summed E-state index contributed by atoms with van der Waals surface area (Å²) >= 11 is 0. The van der Waals surface area contributed by atoms with E-state index >= 15 is 0 Å². The number of likely N-dealkylation sites (tertiary alicyclic amines) is 1. The third-order valence-electron chi connectivity index (χ3n) is 3.40. The third kappa shape index (κ3) is 1.30. The summed E-state index contributed by atoms with van der Waals surface area (Å²) in [5, 5.41) is 3.51. The molecule has 2 heterocycles. The topological polar surface area (TPSA) is 15.3 Å². The van der Waals surface area contributed by atoms with Crippen molar-refractivity contribution in [1.82, 2.24) is 10.2 Å². The second kappa shape index (κ2) is 2.76. The Kier molecular flexibility index (Phi) is 1.90. The van der Waals surface area contributed by atoms with Gasteiger partial charge in [0.1, 0.15) is 0 Å². The first-order chi connectivity index (χ1) is 5.27. The zero-order chi connectivity index (χ0) is 7.84. The van der Waals surface area contributed by atoms with Gasteiger partial charge in [0.05, 0.1) is 0 Å². The second-order valence-corrected chi connectivity index (χ2v) is 4.20.